The molecule has 1 heterocycles. The number of hydrogen-bond acceptors (Lipinski definition) is 2. The van der Waals surface area contributed by atoms with E-state index in [9.17, 15) is 0 Å². The third-order valence-corrected chi connectivity index (χ3v) is 10.2. The molecule has 0 N–H and O–H groups in total. The first-order valence-electron chi connectivity index (χ1n) is 17.7. The smallest absolute Gasteiger partial charge is 0.135 e. The van der Waals surface area contributed by atoms with Crippen molar-refractivity contribution in [3.8, 4) is 33.4 Å². The van der Waals surface area contributed by atoms with Crippen molar-refractivity contribution in [1.82, 2.24) is 0 Å². The predicted molar refractivity (Wildman–Crippen MR) is 220 cm³/mol. The van der Waals surface area contributed by atoms with Gasteiger partial charge >= 0.3 is 0 Å². The Morgan fingerprint density at radius 1 is 0.269 bits per heavy atom. The molecule has 0 aliphatic carbocycles. The number of hydrogen-bond donors (Lipinski definition) is 0. The van der Waals surface area contributed by atoms with Gasteiger partial charge in [0.05, 0.1) is 0 Å². The van der Waals surface area contributed by atoms with Crippen molar-refractivity contribution in [3.63, 3.8) is 0 Å². The summed E-state index contributed by atoms with van der Waals surface area (Å²) in [6, 6.07) is 71.9. The van der Waals surface area contributed by atoms with E-state index in [0.717, 1.165) is 39.0 Å². The minimum atomic E-state index is 0.888. The van der Waals surface area contributed by atoms with Gasteiger partial charge in [-0.25, -0.2) is 0 Å². The van der Waals surface area contributed by atoms with E-state index in [2.05, 4.69) is 193 Å². The lowest BCUT2D eigenvalue weighted by atomic mass is 9.96. The van der Waals surface area contributed by atoms with Crippen molar-refractivity contribution in [2.45, 2.75) is 0 Å². The van der Waals surface area contributed by atoms with Crippen LogP contribution in [0, 0.1) is 0 Å². The summed E-state index contributed by atoms with van der Waals surface area (Å²) in [6.07, 6.45) is 0. The molecule has 2 heteroatoms. The summed E-state index contributed by atoms with van der Waals surface area (Å²) in [5.74, 6) is 0. The Morgan fingerprint density at radius 3 is 1.40 bits per heavy atom. The fourth-order valence-electron chi connectivity index (χ4n) is 7.54. The van der Waals surface area contributed by atoms with E-state index in [-0.39, 0.29) is 0 Å². The second-order valence-corrected chi connectivity index (χ2v) is 13.4. The highest BCUT2D eigenvalue weighted by Gasteiger charge is 2.17. The van der Waals surface area contributed by atoms with Crippen molar-refractivity contribution >= 4 is 60.5 Å². The highest BCUT2D eigenvalue weighted by atomic mass is 16.3. The largest absolute Gasteiger partial charge is 0.456 e. The molecule has 10 aromatic rings. The molecular formula is C50H33NO. The van der Waals surface area contributed by atoms with Crippen LogP contribution in [0.3, 0.4) is 0 Å². The number of rotatable bonds is 6. The van der Waals surface area contributed by atoms with Crippen LogP contribution in [0.4, 0.5) is 17.1 Å². The average molecular weight is 664 g/mol. The van der Waals surface area contributed by atoms with Gasteiger partial charge in [0.15, 0.2) is 0 Å². The molecule has 0 atom stereocenters. The fourth-order valence-corrected chi connectivity index (χ4v) is 7.54. The molecule has 0 fully saturated rings. The maximum absolute atomic E-state index is 6.21. The molecule has 0 bridgehead atoms. The van der Waals surface area contributed by atoms with E-state index in [1.54, 1.807) is 0 Å². The van der Waals surface area contributed by atoms with Crippen LogP contribution in [0.1, 0.15) is 0 Å². The number of para-hydroxylation sites is 1. The second-order valence-electron chi connectivity index (χ2n) is 13.4. The van der Waals surface area contributed by atoms with Gasteiger partial charge in [0.25, 0.3) is 0 Å². The fraction of sp³-hybridized carbons (Fsp3) is 0. The van der Waals surface area contributed by atoms with Gasteiger partial charge in [0, 0.05) is 27.8 Å². The van der Waals surface area contributed by atoms with E-state index in [4.69, 9.17) is 4.42 Å². The van der Waals surface area contributed by atoms with Crippen molar-refractivity contribution in [3.05, 3.63) is 200 Å². The summed E-state index contributed by atoms with van der Waals surface area (Å²) in [7, 11) is 0. The van der Waals surface area contributed by atoms with E-state index >= 15 is 0 Å². The lowest BCUT2D eigenvalue weighted by molar-refractivity contribution is 0.669. The molecule has 9 aromatic carbocycles. The second kappa shape index (κ2) is 12.5. The van der Waals surface area contributed by atoms with Crippen LogP contribution >= 0.6 is 0 Å². The van der Waals surface area contributed by atoms with Gasteiger partial charge in [-0.2, -0.15) is 0 Å². The van der Waals surface area contributed by atoms with Gasteiger partial charge in [-0.15, -0.1) is 0 Å². The molecule has 0 amide bonds. The Balaban J connectivity index is 1.05. The Morgan fingerprint density at radius 2 is 0.731 bits per heavy atom. The third kappa shape index (κ3) is 5.39. The molecule has 0 radical (unpaired) electrons. The average Bonchev–Trinajstić information content (AvgIpc) is 3.59. The standard InChI is InChI=1S/C50H33NO/c1-3-10-34(11-4-1)36-14-9-15-44(31-36)51(46-26-27-50-48(33-46)47-16-7-8-17-49(47)52-50)45-25-24-42-30-41(22-23-43(42)32-45)40-21-20-38-28-37(18-19-39(38)29-40)35-12-5-2-6-13-35/h1-33H. The third-order valence-electron chi connectivity index (χ3n) is 10.2. The van der Waals surface area contributed by atoms with Crippen LogP contribution in [-0.4, -0.2) is 0 Å². The van der Waals surface area contributed by atoms with Gasteiger partial charge in [0.2, 0.25) is 0 Å². The Labute approximate surface area is 302 Å². The molecule has 0 saturated carbocycles. The molecule has 0 spiro atoms. The maximum Gasteiger partial charge on any atom is 0.135 e. The van der Waals surface area contributed by atoms with E-state index < -0.39 is 0 Å². The number of benzene rings is 9. The molecule has 0 aliphatic heterocycles. The Kier molecular flexibility index (Phi) is 7.18. The number of anilines is 3. The van der Waals surface area contributed by atoms with E-state index in [0.29, 0.717) is 0 Å². The molecule has 0 unspecified atom stereocenters. The van der Waals surface area contributed by atoms with E-state index in [1.807, 2.05) is 12.1 Å². The van der Waals surface area contributed by atoms with Gasteiger partial charge in [-0.3, -0.25) is 0 Å². The SMILES string of the molecule is c1ccc(-c2cccc(N(c3ccc4cc(-c5ccc6cc(-c7ccccc7)ccc6c5)ccc4c3)c3ccc4oc5ccccc5c4c3)c2)cc1. The lowest BCUT2D eigenvalue weighted by Gasteiger charge is -2.26. The first-order valence-corrected chi connectivity index (χ1v) is 17.7. The van der Waals surface area contributed by atoms with Crippen molar-refractivity contribution < 1.29 is 4.42 Å². The number of fused-ring (bicyclic) bond motifs is 5. The van der Waals surface area contributed by atoms with Gasteiger partial charge < -0.3 is 9.32 Å². The molecular weight excluding hydrogens is 631 g/mol. The zero-order valence-corrected chi connectivity index (χ0v) is 28.4. The van der Waals surface area contributed by atoms with Crippen LogP contribution in [0.15, 0.2) is 205 Å². The predicted octanol–water partition coefficient (Wildman–Crippen LogP) is 14.4. The zero-order valence-electron chi connectivity index (χ0n) is 28.4. The first-order chi connectivity index (χ1) is 25.7. The van der Waals surface area contributed by atoms with Gasteiger partial charge in [0.1, 0.15) is 11.2 Å². The van der Waals surface area contributed by atoms with Crippen LogP contribution in [-0.2, 0) is 0 Å². The maximum atomic E-state index is 6.21. The summed E-state index contributed by atoms with van der Waals surface area (Å²) >= 11 is 0. The van der Waals surface area contributed by atoms with Crippen LogP contribution in [0.25, 0.3) is 76.9 Å². The number of nitrogens with zero attached hydrogens (tertiary/aromatic N) is 1. The van der Waals surface area contributed by atoms with E-state index in [1.165, 1.54) is 54.9 Å². The molecule has 2 nitrogen and oxygen atoms in total. The Hall–Kier alpha value is -6.90. The quantitative estimate of drug-likeness (QED) is 0.176. The molecule has 0 saturated heterocycles. The van der Waals surface area contributed by atoms with Crippen LogP contribution in [0.5, 0.6) is 0 Å². The van der Waals surface area contributed by atoms with Gasteiger partial charge in [-0.05, 0) is 122 Å². The summed E-state index contributed by atoms with van der Waals surface area (Å²) in [6.45, 7) is 0. The molecule has 0 aliphatic rings. The minimum absolute atomic E-state index is 0.888. The molecule has 1 aromatic heterocycles. The summed E-state index contributed by atoms with van der Waals surface area (Å²) < 4.78 is 6.21. The highest BCUT2D eigenvalue weighted by molar-refractivity contribution is 6.07. The monoisotopic (exact) mass is 663 g/mol. The topological polar surface area (TPSA) is 16.4 Å². The Bertz CT molecular complexity index is 2910. The molecule has 52 heavy (non-hydrogen) atoms. The van der Waals surface area contributed by atoms with Crippen molar-refractivity contribution in [2.24, 2.45) is 0 Å². The van der Waals surface area contributed by atoms with Gasteiger partial charge in [-0.1, -0.05) is 133 Å². The highest BCUT2D eigenvalue weighted by Crippen LogP contribution is 2.41. The summed E-state index contributed by atoms with van der Waals surface area (Å²) in [5.41, 5.74) is 12.3. The number of furan rings is 1. The van der Waals surface area contributed by atoms with Crippen LogP contribution < -0.4 is 4.90 Å². The summed E-state index contributed by atoms with van der Waals surface area (Å²) in [4.78, 5) is 2.36. The normalized spacial score (nSPS) is 11.5. The first kappa shape index (κ1) is 30.0. The molecule has 244 valence electrons. The van der Waals surface area contributed by atoms with Crippen LogP contribution in [0.2, 0.25) is 0 Å². The van der Waals surface area contributed by atoms with Crippen molar-refractivity contribution in [2.75, 3.05) is 4.90 Å². The summed E-state index contributed by atoms with van der Waals surface area (Å²) in [5, 5.41) is 7.10. The zero-order chi connectivity index (χ0) is 34.4. The van der Waals surface area contributed by atoms with Crippen molar-refractivity contribution in [1.29, 1.82) is 0 Å². The lowest BCUT2D eigenvalue weighted by Crippen LogP contribution is -2.10. The molecule has 10 rings (SSSR count). The minimum Gasteiger partial charge on any atom is -0.456 e.